The van der Waals surface area contributed by atoms with Crippen LogP contribution in [0.1, 0.15) is 5.69 Å². The highest BCUT2D eigenvalue weighted by Crippen LogP contribution is 2.37. The van der Waals surface area contributed by atoms with Crippen LogP contribution in [0, 0.1) is 0 Å². The fourth-order valence-corrected chi connectivity index (χ4v) is 5.59. The Balaban J connectivity index is 1.17. The van der Waals surface area contributed by atoms with Crippen LogP contribution in [0.2, 0.25) is 5.02 Å². The number of halogens is 1. The number of hydrogen-bond acceptors (Lipinski definition) is 9. The molecule has 4 atom stereocenters. The largest absolute Gasteiger partial charge is 0.472 e. The van der Waals surface area contributed by atoms with E-state index >= 15 is 0 Å². The lowest BCUT2D eigenvalue weighted by Crippen LogP contribution is -2.34. The van der Waals surface area contributed by atoms with Crippen molar-refractivity contribution in [2.45, 2.75) is 30.8 Å². The highest BCUT2D eigenvalue weighted by atomic mass is 35.5. The molecule has 0 bridgehead atoms. The molecule has 192 valence electrons. The summed E-state index contributed by atoms with van der Waals surface area (Å²) in [7, 11) is -2.24. The normalized spacial score (nSPS) is 24.5. The van der Waals surface area contributed by atoms with Crippen LogP contribution in [0.3, 0.4) is 0 Å². The maximum absolute atomic E-state index is 11.9. The van der Waals surface area contributed by atoms with E-state index in [1.54, 1.807) is 30.8 Å². The topological polar surface area (TPSA) is 115 Å². The van der Waals surface area contributed by atoms with Crippen LogP contribution < -0.4 is 0 Å². The Bertz CT molecular complexity index is 1490. The quantitative estimate of drug-likeness (QED) is 0.532. The molecule has 3 aliphatic heterocycles. The van der Waals surface area contributed by atoms with E-state index in [9.17, 15) is 9.32 Å². The summed E-state index contributed by atoms with van der Waals surface area (Å²) < 4.78 is 33.4. The molecule has 0 spiro atoms. The van der Waals surface area contributed by atoms with Gasteiger partial charge in [-0.3, -0.25) is 4.98 Å². The number of aliphatic imine (C=N–C) groups is 1. The van der Waals surface area contributed by atoms with E-state index in [1.807, 2.05) is 30.3 Å². The molecule has 3 aromatic rings. The van der Waals surface area contributed by atoms with Crippen molar-refractivity contribution in [3.63, 3.8) is 0 Å². The van der Waals surface area contributed by atoms with Crippen LogP contribution in [-0.4, -0.2) is 75.3 Å². The van der Waals surface area contributed by atoms with E-state index < -0.39 is 15.8 Å². The number of pyridine rings is 2. The van der Waals surface area contributed by atoms with E-state index in [0.29, 0.717) is 41.0 Å². The van der Waals surface area contributed by atoms with Gasteiger partial charge in [0.05, 0.1) is 59.3 Å². The second-order valence-corrected chi connectivity index (χ2v) is 12.5. The van der Waals surface area contributed by atoms with Gasteiger partial charge in [0, 0.05) is 33.4 Å². The zero-order chi connectivity index (χ0) is 25.7. The minimum Gasteiger partial charge on any atom is -0.472 e. The zero-order valence-corrected chi connectivity index (χ0v) is 21.8. The molecule has 2 aromatic heterocycles. The first-order chi connectivity index (χ1) is 17.7. The van der Waals surface area contributed by atoms with Gasteiger partial charge in [-0.1, -0.05) is 35.9 Å². The third-order valence-corrected chi connectivity index (χ3v) is 7.33. The van der Waals surface area contributed by atoms with Gasteiger partial charge < -0.3 is 19.3 Å². The fraction of sp³-hybridized carbons (Fsp3) is 0.346. The van der Waals surface area contributed by atoms with Crippen LogP contribution in [0.15, 0.2) is 58.0 Å². The number of aromatic nitrogens is 2. The van der Waals surface area contributed by atoms with Gasteiger partial charge >= 0.3 is 0 Å². The van der Waals surface area contributed by atoms with Crippen molar-refractivity contribution in [1.82, 2.24) is 9.97 Å². The summed E-state index contributed by atoms with van der Waals surface area (Å²) in [4.78, 5) is 13.8. The third kappa shape index (κ3) is 4.99. The number of hydrogen-bond donors (Lipinski definition) is 1. The summed E-state index contributed by atoms with van der Waals surface area (Å²) in [6, 6.07) is 13.3. The molecule has 6 rings (SSSR count). The highest BCUT2D eigenvalue weighted by Gasteiger charge is 2.48. The zero-order valence-electron chi connectivity index (χ0n) is 20.2. The van der Waals surface area contributed by atoms with Crippen molar-refractivity contribution in [2.75, 3.05) is 25.7 Å². The predicted molar refractivity (Wildman–Crippen MR) is 141 cm³/mol. The Hall–Kier alpha value is -2.89. The van der Waals surface area contributed by atoms with Crippen LogP contribution in [0.5, 0.6) is 0 Å². The standard InChI is InChI=1S/C26H25ClN4O5S/c1-37(2,33)31-16-7-8-18(28-11-16)14-3-5-15(6-4-14)24-17(27)9-19-20(30-24)10-23(29-19)36-22-13-35-25-21(32)12-34-26(22)25/h3-9,11,21-22,25-26,32H,10,12-13H2,1-2H3/t21-,22-,25-,26-/m1/s1. The molecule has 2 saturated heterocycles. The summed E-state index contributed by atoms with van der Waals surface area (Å²) in [6.07, 6.45) is 3.64. The maximum Gasteiger partial charge on any atom is 0.195 e. The molecule has 11 heteroatoms. The molecular formula is C26H25ClN4O5S. The minimum atomic E-state index is -2.24. The molecular weight excluding hydrogens is 516 g/mol. The molecule has 5 heterocycles. The number of ether oxygens (including phenoxy) is 3. The molecule has 37 heavy (non-hydrogen) atoms. The van der Waals surface area contributed by atoms with Gasteiger partial charge in [0.1, 0.15) is 18.3 Å². The summed E-state index contributed by atoms with van der Waals surface area (Å²) in [5.41, 5.74) is 5.30. The summed E-state index contributed by atoms with van der Waals surface area (Å²) in [6.45, 7) is 0.594. The number of aliphatic hydroxyl groups is 1. The Kier molecular flexibility index (Phi) is 6.24. The van der Waals surface area contributed by atoms with Gasteiger partial charge in [-0.05, 0) is 18.2 Å². The summed E-state index contributed by atoms with van der Waals surface area (Å²) >= 11 is 6.59. The van der Waals surface area contributed by atoms with Crippen molar-refractivity contribution < 1.29 is 23.5 Å². The van der Waals surface area contributed by atoms with Gasteiger partial charge in [0.15, 0.2) is 12.0 Å². The van der Waals surface area contributed by atoms with Gasteiger partial charge in [0.2, 0.25) is 0 Å². The van der Waals surface area contributed by atoms with Crippen LogP contribution in [0.4, 0.5) is 11.4 Å². The molecule has 2 fully saturated rings. The Morgan fingerprint density at radius 2 is 1.84 bits per heavy atom. The third-order valence-electron chi connectivity index (χ3n) is 6.39. The first kappa shape index (κ1) is 24.4. The van der Waals surface area contributed by atoms with Crippen molar-refractivity contribution in [1.29, 1.82) is 0 Å². The van der Waals surface area contributed by atoms with Gasteiger partial charge in [-0.15, -0.1) is 0 Å². The van der Waals surface area contributed by atoms with E-state index in [0.717, 1.165) is 22.5 Å². The smallest absolute Gasteiger partial charge is 0.195 e. The SMILES string of the molecule is CS(C)(=O)=Nc1ccc(-c2ccc(-c3nc4c(cc3Cl)N=C(O[C@@H]3CO[C@H]5[C@@H]3OC[C@H]5O)C4)cc2)nc1. The van der Waals surface area contributed by atoms with E-state index in [-0.39, 0.29) is 24.9 Å². The van der Waals surface area contributed by atoms with Crippen LogP contribution in [-0.2, 0) is 30.4 Å². The second-order valence-electron chi connectivity index (χ2n) is 9.54. The number of benzene rings is 1. The van der Waals surface area contributed by atoms with E-state index in [4.69, 9.17) is 30.8 Å². The number of fused-ring (bicyclic) bond motifs is 2. The lowest BCUT2D eigenvalue weighted by Gasteiger charge is -2.17. The van der Waals surface area contributed by atoms with Crippen molar-refractivity contribution in [2.24, 2.45) is 9.36 Å². The number of rotatable bonds is 4. The van der Waals surface area contributed by atoms with Gasteiger partial charge in [-0.2, -0.15) is 4.36 Å². The van der Waals surface area contributed by atoms with E-state index in [1.165, 1.54) is 0 Å². The molecule has 1 N–H and O–H groups in total. The number of aliphatic hydroxyl groups excluding tert-OH is 1. The minimum absolute atomic E-state index is 0.249. The lowest BCUT2D eigenvalue weighted by molar-refractivity contribution is 0.00558. The van der Waals surface area contributed by atoms with Gasteiger partial charge in [-0.25, -0.2) is 14.2 Å². The first-order valence-electron chi connectivity index (χ1n) is 11.8. The predicted octanol–water partition coefficient (Wildman–Crippen LogP) is 3.95. The molecule has 0 radical (unpaired) electrons. The van der Waals surface area contributed by atoms with Crippen molar-refractivity contribution in [3.05, 3.63) is 59.4 Å². The molecule has 3 aliphatic rings. The molecule has 9 nitrogen and oxygen atoms in total. The van der Waals surface area contributed by atoms with Crippen molar-refractivity contribution >= 4 is 38.6 Å². The Labute approximate surface area is 219 Å². The molecule has 0 aliphatic carbocycles. The fourth-order valence-electron chi connectivity index (χ4n) is 4.72. The van der Waals surface area contributed by atoms with Crippen LogP contribution in [0.25, 0.3) is 22.5 Å². The average molecular weight is 541 g/mol. The average Bonchev–Trinajstić information content (AvgIpc) is 3.55. The molecule has 0 amide bonds. The molecule has 0 saturated carbocycles. The Morgan fingerprint density at radius 3 is 2.57 bits per heavy atom. The molecule has 1 aromatic carbocycles. The van der Waals surface area contributed by atoms with Crippen molar-refractivity contribution in [3.8, 4) is 22.5 Å². The monoisotopic (exact) mass is 540 g/mol. The summed E-state index contributed by atoms with van der Waals surface area (Å²) in [5.74, 6) is 0.536. The van der Waals surface area contributed by atoms with Crippen LogP contribution >= 0.6 is 11.6 Å². The second kappa shape index (κ2) is 9.45. The maximum atomic E-state index is 11.9. The Morgan fingerprint density at radius 1 is 1.08 bits per heavy atom. The first-order valence-corrected chi connectivity index (χ1v) is 14.5. The lowest BCUT2D eigenvalue weighted by atomic mass is 10.1. The summed E-state index contributed by atoms with van der Waals surface area (Å²) in [5, 5.41) is 10.4. The highest BCUT2D eigenvalue weighted by molar-refractivity contribution is 7.92. The van der Waals surface area contributed by atoms with Gasteiger partial charge in [0.25, 0.3) is 0 Å². The molecule has 0 unspecified atom stereocenters. The number of nitrogens with zero attached hydrogens (tertiary/aromatic N) is 4. The van der Waals surface area contributed by atoms with E-state index in [2.05, 4.69) is 14.3 Å².